The number of rotatable bonds is 7. The van der Waals surface area contributed by atoms with Gasteiger partial charge in [-0.05, 0) is 62.5 Å². The number of fused-ring (bicyclic) bond motifs is 6. The lowest BCUT2D eigenvalue weighted by Gasteiger charge is -2.17. The highest BCUT2D eigenvalue weighted by atomic mass is 19.1. The molecule has 0 aliphatic rings. The first-order chi connectivity index (χ1) is 15.0. The van der Waals surface area contributed by atoms with Gasteiger partial charge in [-0.3, -0.25) is 0 Å². The number of benzene rings is 3. The first-order valence-electron chi connectivity index (χ1n) is 10.7. The topological polar surface area (TPSA) is 44.0 Å². The average Bonchev–Trinajstić information content (AvgIpc) is 3.29. The van der Waals surface area contributed by atoms with Gasteiger partial charge in [-0.25, -0.2) is 8.78 Å². The van der Waals surface area contributed by atoms with E-state index in [0.717, 1.165) is 69.5 Å². The lowest BCUT2D eigenvalue weighted by molar-refractivity contribution is 0.238. The van der Waals surface area contributed by atoms with Crippen LogP contribution in [0.2, 0.25) is 0 Å². The van der Waals surface area contributed by atoms with Crippen LogP contribution < -0.4 is 4.74 Å². The lowest BCUT2D eigenvalue weighted by atomic mass is 10.1. The van der Waals surface area contributed by atoms with Crippen LogP contribution in [-0.2, 0) is 0 Å². The summed E-state index contributed by atoms with van der Waals surface area (Å²) < 4.78 is 34.3. The third-order valence-electron chi connectivity index (χ3n) is 5.96. The molecule has 2 N–H and O–H groups in total. The molecule has 0 amide bonds. The maximum Gasteiger partial charge on any atom is 0.167 e. The molecule has 3 aromatic carbocycles. The number of hydrogen-bond donors (Lipinski definition) is 2. The summed E-state index contributed by atoms with van der Waals surface area (Å²) in [5.41, 5.74) is 3.31. The van der Waals surface area contributed by atoms with Crippen molar-refractivity contribution in [1.82, 2.24) is 14.9 Å². The Hall–Kier alpha value is -3.12. The van der Waals surface area contributed by atoms with E-state index in [1.807, 2.05) is 6.07 Å². The summed E-state index contributed by atoms with van der Waals surface area (Å²) in [6.07, 6.45) is 2.31. The molecular formula is C25H25F2N3O. The second-order valence-corrected chi connectivity index (χ2v) is 8.19. The number of halogens is 2. The zero-order chi connectivity index (χ0) is 21.5. The van der Waals surface area contributed by atoms with E-state index in [1.165, 1.54) is 24.3 Å². The van der Waals surface area contributed by atoms with Crippen LogP contribution in [0.3, 0.4) is 0 Å². The number of ether oxygens (including phenoxy) is 1. The smallest absolute Gasteiger partial charge is 0.167 e. The highest BCUT2D eigenvalue weighted by molar-refractivity contribution is 6.20. The third-order valence-corrected chi connectivity index (χ3v) is 5.96. The quantitative estimate of drug-likeness (QED) is 0.322. The standard InChI is InChI=1S/C25H25F2N3O/c1-3-4-9-30(2)10-11-31-25-23-19(17-12-15(26)5-7-21(17)28-23)14-20-18-13-16(27)6-8-22(18)29-24(20)25/h5-8,12-14,28-29H,3-4,9-11H2,1-2H3. The molecule has 2 aromatic heterocycles. The summed E-state index contributed by atoms with van der Waals surface area (Å²) in [6, 6.07) is 11.4. The molecule has 6 heteroatoms. The molecule has 4 nitrogen and oxygen atoms in total. The molecule has 0 bridgehead atoms. The lowest BCUT2D eigenvalue weighted by Crippen LogP contribution is -2.25. The number of unbranched alkanes of at least 4 members (excludes halogenated alkanes) is 1. The van der Waals surface area contributed by atoms with Crippen LogP contribution in [0.5, 0.6) is 5.75 Å². The van der Waals surface area contributed by atoms with E-state index in [1.54, 1.807) is 12.1 Å². The van der Waals surface area contributed by atoms with E-state index in [4.69, 9.17) is 4.74 Å². The predicted molar refractivity (Wildman–Crippen MR) is 123 cm³/mol. The monoisotopic (exact) mass is 421 g/mol. The number of aromatic amines is 2. The Morgan fingerprint density at radius 2 is 1.39 bits per heavy atom. The SMILES string of the molecule is CCCCN(C)CCOc1c2[nH]c3ccc(F)cc3c2cc2c1[nH]c1ccc(F)cc12. The van der Waals surface area contributed by atoms with Gasteiger partial charge >= 0.3 is 0 Å². The van der Waals surface area contributed by atoms with Gasteiger partial charge in [-0.15, -0.1) is 0 Å². The Bertz CT molecular complexity index is 1310. The van der Waals surface area contributed by atoms with Crippen molar-refractivity contribution in [3.8, 4) is 5.75 Å². The number of aromatic nitrogens is 2. The van der Waals surface area contributed by atoms with Gasteiger partial charge < -0.3 is 19.6 Å². The van der Waals surface area contributed by atoms with E-state index in [2.05, 4.69) is 28.8 Å². The summed E-state index contributed by atoms with van der Waals surface area (Å²) in [5.74, 6) is 0.0987. The number of nitrogens with zero attached hydrogens (tertiary/aromatic N) is 1. The molecule has 5 aromatic rings. The van der Waals surface area contributed by atoms with Gasteiger partial charge in [0.25, 0.3) is 0 Å². The molecule has 2 heterocycles. The van der Waals surface area contributed by atoms with Crippen molar-refractivity contribution in [2.45, 2.75) is 19.8 Å². The minimum absolute atomic E-state index is 0.293. The van der Waals surface area contributed by atoms with Gasteiger partial charge in [-0.2, -0.15) is 0 Å². The fourth-order valence-corrected chi connectivity index (χ4v) is 4.29. The van der Waals surface area contributed by atoms with E-state index in [-0.39, 0.29) is 11.6 Å². The Labute approximate surface area is 178 Å². The highest BCUT2D eigenvalue weighted by Crippen LogP contribution is 2.41. The molecular weight excluding hydrogens is 396 g/mol. The summed E-state index contributed by atoms with van der Waals surface area (Å²) in [4.78, 5) is 9.04. The number of likely N-dealkylation sites (N-methyl/N-ethyl adjacent to an activating group) is 1. The molecule has 0 atom stereocenters. The van der Waals surface area contributed by atoms with Crippen LogP contribution in [0.1, 0.15) is 19.8 Å². The van der Waals surface area contributed by atoms with Crippen molar-refractivity contribution >= 4 is 43.6 Å². The van der Waals surface area contributed by atoms with Crippen LogP contribution in [0.25, 0.3) is 43.6 Å². The molecule has 0 saturated carbocycles. The first-order valence-corrected chi connectivity index (χ1v) is 10.7. The van der Waals surface area contributed by atoms with Gasteiger partial charge in [0.05, 0.1) is 11.0 Å². The van der Waals surface area contributed by atoms with Crippen molar-refractivity contribution in [3.63, 3.8) is 0 Å². The molecule has 0 unspecified atom stereocenters. The van der Waals surface area contributed by atoms with E-state index in [0.29, 0.717) is 12.4 Å². The summed E-state index contributed by atoms with van der Waals surface area (Å²) >= 11 is 0. The van der Waals surface area contributed by atoms with Gasteiger partial charge in [0.15, 0.2) is 5.75 Å². The van der Waals surface area contributed by atoms with Crippen LogP contribution in [0, 0.1) is 11.6 Å². The number of nitrogens with one attached hydrogen (secondary N) is 2. The fraction of sp³-hybridized carbons (Fsp3) is 0.280. The fourth-order valence-electron chi connectivity index (χ4n) is 4.29. The second kappa shape index (κ2) is 7.85. The normalized spacial score (nSPS) is 12.2. The van der Waals surface area contributed by atoms with E-state index < -0.39 is 0 Å². The molecule has 0 spiro atoms. The number of H-pyrrole nitrogens is 2. The molecule has 0 aliphatic heterocycles. The van der Waals surface area contributed by atoms with Gasteiger partial charge in [0.2, 0.25) is 0 Å². The zero-order valence-corrected chi connectivity index (χ0v) is 17.7. The minimum atomic E-state index is -0.293. The molecule has 160 valence electrons. The van der Waals surface area contributed by atoms with E-state index in [9.17, 15) is 8.78 Å². The first kappa shape index (κ1) is 19.8. The third kappa shape index (κ3) is 3.51. The molecule has 0 radical (unpaired) electrons. The Morgan fingerprint density at radius 1 is 0.806 bits per heavy atom. The van der Waals surface area contributed by atoms with Gasteiger partial charge in [-0.1, -0.05) is 13.3 Å². The van der Waals surface area contributed by atoms with Crippen LogP contribution in [0.4, 0.5) is 8.78 Å². The van der Waals surface area contributed by atoms with Crippen molar-refractivity contribution in [3.05, 3.63) is 54.1 Å². The molecule has 5 rings (SSSR count). The second-order valence-electron chi connectivity index (χ2n) is 8.19. The van der Waals surface area contributed by atoms with E-state index >= 15 is 0 Å². The Kier molecular flexibility index (Phi) is 5.02. The zero-order valence-electron chi connectivity index (χ0n) is 17.7. The largest absolute Gasteiger partial charge is 0.488 e. The maximum absolute atomic E-state index is 14.0. The van der Waals surface area contributed by atoms with Crippen molar-refractivity contribution in [2.75, 3.05) is 26.7 Å². The van der Waals surface area contributed by atoms with Gasteiger partial charge in [0, 0.05) is 39.1 Å². The molecule has 31 heavy (non-hydrogen) atoms. The molecule has 0 saturated heterocycles. The Balaban J connectivity index is 1.67. The Morgan fingerprint density at radius 3 is 1.94 bits per heavy atom. The highest BCUT2D eigenvalue weighted by Gasteiger charge is 2.18. The predicted octanol–water partition coefficient (Wildman–Crippen LogP) is 6.34. The van der Waals surface area contributed by atoms with Crippen LogP contribution >= 0.6 is 0 Å². The average molecular weight is 421 g/mol. The van der Waals surface area contributed by atoms with Crippen molar-refractivity contribution < 1.29 is 13.5 Å². The van der Waals surface area contributed by atoms with Crippen molar-refractivity contribution in [2.24, 2.45) is 0 Å². The van der Waals surface area contributed by atoms with Crippen LogP contribution in [0.15, 0.2) is 42.5 Å². The summed E-state index contributed by atoms with van der Waals surface area (Å²) in [5, 5.41) is 3.29. The van der Waals surface area contributed by atoms with Gasteiger partial charge in [0.1, 0.15) is 18.2 Å². The maximum atomic E-state index is 14.0. The summed E-state index contributed by atoms with van der Waals surface area (Å²) in [6.45, 7) is 4.51. The van der Waals surface area contributed by atoms with Crippen LogP contribution in [-0.4, -0.2) is 41.6 Å². The number of hydrogen-bond acceptors (Lipinski definition) is 2. The van der Waals surface area contributed by atoms with Crippen molar-refractivity contribution in [1.29, 1.82) is 0 Å². The molecule has 0 fully saturated rings. The summed E-state index contributed by atoms with van der Waals surface area (Å²) in [7, 11) is 2.09. The minimum Gasteiger partial charge on any atom is -0.488 e. The molecule has 0 aliphatic carbocycles.